The van der Waals surface area contributed by atoms with E-state index in [4.69, 9.17) is 9.47 Å². The highest BCUT2D eigenvalue weighted by molar-refractivity contribution is 5.92. The third-order valence-electron chi connectivity index (χ3n) is 4.81. The van der Waals surface area contributed by atoms with Gasteiger partial charge in [0.05, 0.1) is 14.2 Å². The highest BCUT2D eigenvalue weighted by Crippen LogP contribution is 2.39. The molecule has 1 aliphatic carbocycles. The Bertz CT molecular complexity index is 726. The molecule has 0 radical (unpaired) electrons. The van der Waals surface area contributed by atoms with E-state index in [1.54, 1.807) is 14.2 Å². The maximum atomic E-state index is 5.42. The third-order valence-corrected chi connectivity index (χ3v) is 4.81. The van der Waals surface area contributed by atoms with Crippen LogP contribution in [0.15, 0.2) is 42.5 Å². The molecule has 1 aliphatic rings. The molecule has 0 amide bonds. The van der Waals surface area contributed by atoms with Crippen LogP contribution in [0.4, 0.5) is 0 Å². The van der Waals surface area contributed by atoms with Crippen molar-refractivity contribution >= 4 is 11.1 Å². The van der Waals surface area contributed by atoms with E-state index in [9.17, 15) is 0 Å². The SMILES string of the molecule is CCCC1=C(c2ccc(OC)cc2)CCCc2cc(OC)ccc21. The number of aryl methyl sites for hydroxylation is 1. The number of benzene rings is 2. The van der Waals surface area contributed by atoms with Gasteiger partial charge in [-0.2, -0.15) is 0 Å². The van der Waals surface area contributed by atoms with Crippen molar-refractivity contribution in [2.75, 3.05) is 14.2 Å². The minimum atomic E-state index is 0.912. The molecule has 0 heterocycles. The first-order chi connectivity index (χ1) is 11.8. The number of ether oxygens (including phenoxy) is 2. The Kier molecular flexibility index (Phi) is 5.24. The molecular weight excluding hydrogens is 296 g/mol. The fourth-order valence-corrected chi connectivity index (χ4v) is 3.61. The first-order valence-electron chi connectivity index (χ1n) is 8.80. The van der Waals surface area contributed by atoms with Gasteiger partial charge in [-0.1, -0.05) is 31.5 Å². The molecule has 0 aromatic heterocycles. The molecule has 24 heavy (non-hydrogen) atoms. The predicted molar refractivity (Wildman–Crippen MR) is 101 cm³/mol. The van der Waals surface area contributed by atoms with Crippen molar-refractivity contribution in [2.24, 2.45) is 0 Å². The summed E-state index contributed by atoms with van der Waals surface area (Å²) < 4.78 is 10.7. The molecule has 2 aromatic carbocycles. The number of methoxy groups -OCH3 is 2. The number of fused-ring (bicyclic) bond motifs is 1. The predicted octanol–water partition coefficient (Wildman–Crippen LogP) is 5.75. The Morgan fingerprint density at radius 1 is 0.875 bits per heavy atom. The molecule has 0 bridgehead atoms. The summed E-state index contributed by atoms with van der Waals surface area (Å²) in [6.45, 7) is 2.26. The minimum absolute atomic E-state index is 0.912. The summed E-state index contributed by atoms with van der Waals surface area (Å²) >= 11 is 0. The van der Waals surface area contributed by atoms with Crippen LogP contribution in [0.25, 0.3) is 11.1 Å². The Labute approximate surface area is 145 Å². The first kappa shape index (κ1) is 16.6. The normalized spacial score (nSPS) is 14.1. The molecule has 0 spiro atoms. The summed E-state index contributed by atoms with van der Waals surface area (Å²) in [4.78, 5) is 0. The molecule has 0 atom stereocenters. The summed E-state index contributed by atoms with van der Waals surface area (Å²) in [5.74, 6) is 1.87. The third kappa shape index (κ3) is 3.33. The lowest BCUT2D eigenvalue weighted by Crippen LogP contribution is -1.95. The van der Waals surface area contributed by atoms with Crippen molar-refractivity contribution in [3.05, 3.63) is 59.2 Å². The molecule has 0 saturated carbocycles. The van der Waals surface area contributed by atoms with Crippen LogP contribution < -0.4 is 9.47 Å². The second-order valence-corrected chi connectivity index (χ2v) is 6.31. The molecule has 2 aromatic rings. The highest BCUT2D eigenvalue weighted by Gasteiger charge is 2.18. The number of allylic oxidation sites excluding steroid dienone is 2. The Morgan fingerprint density at radius 3 is 2.25 bits per heavy atom. The fourth-order valence-electron chi connectivity index (χ4n) is 3.61. The maximum Gasteiger partial charge on any atom is 0.119 e. The first-order valence-corrected chi connectivity index (χ1v) is 8.80. The number of hydrogen-bond acceptors (Lipinski definition) is 2. The van der Waals surface area contributed by atoms with Gasteiger partial charge in [-0.05, 0) is 77.8 Å². The van der Waals surface area contributed by atoms with E-state index in [1.807, 2.05) is 0 Å². The molecule has 2 nitrogen and oxygen atoms in total. The van der Waals surface area contributed by atoms with Crippen LogP contribution in [0.1, 0.15) is 49.3 Å². The zero-order chi connectivity index (χ0) is 16.9. The average Bonchev–Trinajstić information content (AvgIpc) is 2.81. The zero-order valence-electron chi connectivity index (χ0n) is 14.9. The van der Waals surface area contributed by atoms with Crippen LogP contribution in [-0.4, -0.2) is 14.2 Å². The standard InChI is InChI=1S/C22H26O2/c1-4-6-22-20(16-9-11-18(23-2)12-10-16)8-5-7-17-15-19(24-3)13-14-21(17)22/h9-15H,4-8H2,1-3H3. The van der Waals surface area contributed by atoms with Crippen molar-refractivity contribution < 1.29 is 9.47 Å². The second-order valence-electron chi connectivity index (χ2n) is 6.31. The van der Waals surface area contributed by atoms with Crippen molar-refractivity contribution in [2.45, 2.75) is 39.0 Å². The topological polar surface area (TPSA) is 18.5 Å². The smallest absolute Gasteiger partial charge is 0.119 e. The van der Waals surface area contributed by atoms with Crippen LogP contribution in [0.2, 0.25) is 0 Å². The highest BCUT2D eigenvalue weighted by atomic mass is 16.5. The van der Waals surface area contributed by atoms with E-state index in [-0.39, 0.29) is 0 Å². The van der Waals surface area contributed by atoms with E-state index < -0.39 is 0 Å². The van der Waals surface area contributed by atoms with E-state index in [1.165, 1.54) is 34.3 Å². The van der Waals surface area contributed by atoms with Gasteiger partial charge in [0.1, 0.15) is 11.5 Å². The summed E-state index contributed by atoms with van der Waals surface area (Å²) in [7, 11) is 3.45. The van der Waals surface area contributed by atoms with Crippen molar-refractivity contribution in [3.63, 3.8) is 0 Å². The van der Waals surface area contributed by atoms with Crippen molar-refractivity contribution in [1.82, 2.24) is 0 Å². The Morgan fingerprint density at radius 2 is 1.58 bits per heavy atom. The lowest BCUT2D eigenvalue weighted by atomic mass is 9.90. The Hall–Kier alpha value is -2.22. The van der Waals surface area contributed by atoms with E-state index in [2.05, 4.69) is 49.4 Å². The average molecular weight is 322 g/mol. The molecule has 0 fully saturated rings. The molecule has 2 heteroatoms. The van der Waals surface area contributed by atoms with E-state index in [0.717, 1.165) is 37.2 Å². The van der Waals surface area contributed by atoms with Gasteiger partial charge in [-0.25, -0.2) is 0 Å². The van der Waals surface area contributed by atoms with Gasteiger partial charge in [0.25, 0.3) is 0 Å². The van der Waals surface area contributed by atoms with Crippen LogP contribution in [-0.2, 0) is 6.42 Å². The lowest BCUT2D eigenvalue weighted by Gasteiger charge is -2.16. The van der Waals surface area contributed by atoms with E-state index >= 15 is 0 Å². The minimum Gasteiger partial charge on any atom is -0.497 e. The number of rotatable bonds is 5. The number of hydrogen-bond donors (Lipinski definition) is 0. The largest absolute Gasteiger partial charge is 0.497 e. The zero-order valence-corrected chi connectivity index (χ0v) is 14.9. The summed E-state index contributed by atoms with van der Waals surface area (Å²) in [6.07, 6.45) is 5.67. The molecule has 0 aliphatic heterocycles. The van der Waals surface area contributed by atoms with Crippen LogP contribution in [0.5, 0.6) is 11.5 Å². The van der Waals surface area contributed by atoms with Crippen LogP contribution in [0, 0.1) is 0 Å². The van der Waals surface area contributed by atoms with Gasteiger partial charge in [-0.15, -0.1) is 0 Å². The molecule has 126 valence electrons. The molecule has 0 saturated heterocycles. The van der Waals surface area contributed by atoms with Crippen molar-refractivity contribution in [3.8, 4) is 11.5 Å². The Balaban J connectivity index is 2.11. The van der Waals surface area contributed by atoms with E-state index in [0.29, 0.717) is 0 Å². The molecule has 0 N–H and O–H groups in total. The van der Waals surface area contributed by atoms with Crippen molar-refractivity contribution in [1.29, 1.82) is 0 Å². The molecule has 0 unspecified atom stereocenters. The fraction of sp³-hybridized carbons (Fsp3) is 0.364. The van der Waals surface area contributed by atoms with Crippen LogP contribution >= 0.6 is 0 Å². The molecule has 3 rings (SSSR count). The van der Waals surface area contributed by atoms with Gasteiger partial charge in [-0.3, -0.25) is 0 Å². The van der Waals surface area contributed by atoms with Gasteiger partial charge in [0, 0.05) is 0 Å². The summed E-state index contributed by atoms with van der Waals surface area (Å²) in [5, 5.41) is 0. The van der Waals surface area contributed by atoms with Gasteiger partial charge in [0.15, 0.2) is 0 Å². The monoisotopic (exact) mass is 322 g/mol. The van der Waals surface area contributed by atoms with Crippen LogP contribution in [0.3, 0.4) is 0 Å². The van der Waals surface area contributed by atoms with Gasteiger partial charge < -0.3 is 9.47 Å². The van der Waals surface area contributed by atoms with Gasteiger partial charge in [0.2, 0.25) is 0 Å². The second kappa shape index (κ2) is 7.57. The maximum absolute atomic E-state index is 5.42. The van der Waals surface area contributed by atoms with Gasteiger partial charge >= 0.3 is 0 Å². The summed E-state index contributed by atoms with van der Waals surface area (Å²) in [5.41, 5.74) is 7.13. The lowest BCUT2D eigenvalue weighted by molar-refractivity contribution is 0.414. The quantitative estimate of drug-likeness (QED) is 0.697. The summed E-state index contributed by atoms with van der Waals surface area (Å²) in [6, 6.07) is 15.1. The molecular formula is C22H26O2.